The van der Waals surface area contributed by atoms with E-state index in [4.69, 9.17) is 9.84 Å². The minimum absolute atomic E-state index is 0.170. The van der Waals surface area contributed by atoms with E-state index in [0.29, 0.717) is 17.7 Å². The topological polar surface area (TPSA) is 75.6 Å². The van der Waals surface area contributed by atoms with Gasteiger partial charge in [-0.1, -0.05) is 19.8 Å². The zero-order valence-corrected chi connectivity index (χ0v) is 13.1. The third-order valence-corrected chi connectivity index (χ3v) is 4.05. The number of benzene rings is 1. The van der Waals surface area contributed by atoms with Crippen LogP contribution >= 0.6 is 0 Å². The second kappa shape index (κ2) is 7.40. The second-order valence-electron chi connectivity index (χ2n) is 5.76. The Kier molecular flexibility index (Phi) is 5.55. The first-order valence-corrected chi connectivity index (χ1v) is 7.81. The Hall–Kier alpha value is -1.88. The minimum atomic E-state index is -0.966. The number of anilines is 1. The highest BCUT2D eigenvalue weighted by molar-refractivity contribution is 5.95. The highest BCUT2D eigenvalue weighted by Gasteiger charge is 2.24. The number of carbonyl (C=O) groups is 2. The number of amides is 1. The van der Waals surface area contributed by atoms with Crippen LogP contribution in [-0.4, -0.2) is 29.2 Å². The molecule has 1 atom stereocenters. The van der Waals surface area contributed by atoms with Crippen molar-refractivity contribution in [1.29, 1.82) is 0 Å². The van der Waals surface area contributed by atoms with Crippen molar-refractivity contribution in [1.82, 2.24) is 0 Å². The van der Waals surface area contributed by atoms with Gasteiger partial charge in [0.05, 0.1) is 11.7 Å². The fraction of sp³-hybridized carbons (Fsp3) is 0.529. The first kappa shape index (κ1) is 16.5. The largest absolute Gasteiger partial charge is 0.478 e. The summed E-state index contributed by atoms with van der Waals surface area (Å²) in [5.41, 5.74) is 1.46. The van der Waals surface area contributed by atoms with Crippen molar-refractivity contribution in [2.75, 3.05) is 5.32 Å². The molecule has 2 N–H and O–H groups in total. The summed E-state index contributed by atoms with van der Waals surface area (Å²) in [7, 11) is 0. The van der Waals surface area contributed by atoms with Gasteiger partial charge in [0, 0.05) is 5.69 Å². The summed E-state index contributed by atoms with van der Waals surface area (Å²) in [6, 6.07) is 4.78. The summed E-state index contributed by atoms with van der Waals surface area (Å²) in [5.74, 6) is -1.14. The van der Waals surface area contributed by atoms with Gasteiger partial charge in [-0.25, -0.2) is 4.79 Å². The lowest BCUT2D eigenvalue weighted by Gasteiger charge is -2.20. The van der Waals surface area contributed by atoms with Gasteiger partial charge in [-0.05, 0) is 49.9 Å². The number of aromatic carboxylic acids is 1. The molecule has 1 aromatic carbocycles. The fourth-order valence-electron chi connectivity index (χ4n) is 2.80. The summed E-state index contributed by atoms with van der Waals surface area (Å²) in [5, 5.41) is 11.8. The number of rotatable bonds is 6. The fourth-order valence-corrected chi connectivity index (χ4v) is 2.80. The summed E-state index contributed by atoms with van der Waals surface area (Å²) < 4.78 is 5.88. The normalized spacial score (nSPS) is 16.5. The van der Waals surface area contributed by atoms with Gasteiger partial charge < -0.3 is 15.2 Å². The first-order chi connectivity index (χ1) is 10.5. The molecule has 1 aromatic rings. The summed E-state index contributed by atoms with van der Waals surface area (Å²) in [6.45, 7) is 3.64. The van der Waals surface area contributed by atoms with Crippen LogP contribution in [0.15, 0.2) is 18.2 Å². The molecule has 120 valence electrons. The van der Waals surface area contributed by atoms with E-state index < -0.39 is 12.1 Å². The maximum absolute atomic E-state index is 12.3. The molecule has 22 heavy (non-hydrogen) atoms. The summed E-state index contributed by atoms with van der Waals surface area (Å²) in [4.78, 5) is 23.3. The van der Waals surface area contributed by atoms with Crippen molar-refractivity contribution in [3.63, 3.8) is 0 Å². The van der Waals surface area contributed by atoms with Crippen LogP contribution in [0.25, 0.3) is 0 Å². The van der Waals surface area contributed by atoms with Crippen LogP contribution < -0.4 is 5.32 Å². The van der Waals surface area contributed by atoms with Gasteiger partial charge >= 0.3 is 5.97 Å². The number of carboxylic acid groups (broad SMARTS) is 1. The van der Waals surface area contributed by atoms with Crippen molar-refractivity contribution in [2.24, 2.45) is 0 Å². The van der Waals surface area contributed by atoms with Crippen LogP contribution in [0.5, 0.6) is 0 Å². The molecule has 1 amide bonds. The van der Waals surface area contributed by atoms with Crippen molar-refractivity contribution in [3.05, 3.63) is 29.3 Å². The average molecular weight is 305 g/mol. The van der Waals surface area contributed by atoms with E-state index >= 15 is 0 Å². The molecular formula is C17H23NO4. The smallest absolute Gasteiger partial charge is 0.335 e. The molecule has 0 radical (unpaired) electrons. The molecule has 2 rings (SSSR count). The lowest BCUT2D eigenvalue weighted by Crippen LogP contribution is -2.32. The summed E-state index contributed by atoms with van der Waals surface area (Å²) in [6.07, 6.45) is 4.73. The summed E-state index contributed by atoms with van der Waals surface area (Å²) >= 11 is 0. The molecule has 1 unspecified atom stereocenters. The zero-order valence-electron chi connectivity index (χ0n) is 13.1. The van der Waals surface area contributed by atoms with Crippen LogP contribution in [-0.2, 0) is 9.53 Å². The Morgan fingerprint density at radius 2 is 2.05 bits per heavy atom. The number of hydrogen-bond donors (Lipinski definition) is 2. The van der Waals surface area contributed by atoms with Gasteiger partial charge in [-0.15, -0.1) is 0 Å². The minimum Gasteiger partial charge on any atom is -0.478 e. The van der Waals surface area contributed by atoms with Crippen molar-refractivity contribution in [3.8, 4) is 0 Å². The zero-order chi connectivity index (χ0) is 16.1. The number of carbonyl (C=O) groups excluding carboxylic acids is 1. The van der Waals surface area contributed by atoms with E-state index in [1.807, 2.05) is 6.92 Å². The third-order valence-electron chi connectivity index (χ3n) is 4.05. The molecule has 0 heterocycles. The van der Waals surface area contributed by atoms with Crippen LogP contribution in [0.3, 0.4) is 0 Å². The van der Waals surface area contributed by atoms with E-state index in [1.165, 1.54) is 18.9 Å². The van der Waals surface area contributed by atoms with Crippen molar-refractivity contribution in [2.45, 2.75) is 58.2 Å². The Labute approximate surface area is 130 Å². The lowest BCUT2D eigenvalue weighted by molar-refractivity contribution is -0.131. The standard InChI is InChI=1S/C17H23NO4/c1-3-15(22-13-6-4-5-7-13)16(19)18-12-8-9-14(17(20)21)11(2)10-12/h8-10,13,15H,3-7H2,1-2H3,(H,18,19)(H,20,21). The van der Waals surface area contributed by atoms with E-state index in [-0.39, 0.29) is 17.6 Å². The molecule has 1 aliphatic carbocycles. The molecule has 0 aliphatic heterocycles. The maximum Gasteiger partial charge on any atom is 0.335 e. The first-order valence-electron chi connectivity index (χ1n) is 7.81. The van der Waals surface area contributed by atoms with E-state index in [1.54, 1.807) is 19.1 Å². The maximum atomic E-state index is 12.3. The van der Waals surface area contributed by atoms with E-state index in [0.717, 1.165) is 12.8 Å². The second-order valence-corrected chi connectivity index (χ2v) is 5.76. The van der Waals surface area contributed by atoms with Gasteiger partial charge in [0.25, 0.3) is 5.91 Å². The van der Waals surface area contributed by atoms with Gasteiger partial charge in [0.1, 0.15) is 6.10 Å². The molecular weight excluding hydrogens is 282 g/mol. The van der Waals surface area contributed by atoms with Gasteiger partial charge in [-0.3, -0.25) is 4.79 Å². The van der Waals surface area contributed by atoms with E-state index in [9.17, 15) is 9.59 Å². The van der Waals surface area contributed by atoms with E-state index in [2.05, 4.69) is 5.32 Å². The molecule has 0 bridgehead atoms. The highest BCUT2D eigenvalue weighted by atomic mass is 16.5. The molecule has 0 aromatic heterocycles. The Morgan fingerprint density at radius 1 is 1.36 bits per heavy atom. The number of ether oxygens (including phenoxy) is 1. The van der Waals surface area contributed by atoms with Crippen LogP contribution in [0.2, 0.25) is 0 Å². The molecule has 0 saturated heterocycles. The number of carboxylic acids is 1. The molecule has 5 heteroatoms. The van der Waals surface area contributed by atoms with Crippen LogP contribution in [0.4, 0.5) is 5.69 Å². The predicted molar refractivity (Wildman–Crippen MR) is 84.2 cm³/mol. The average Bonchev–Trinajstić information content (AvgIpc) is 2.97. The molecule has 1 saturated carbocycles. The molecule has 1 fully saturated rings. The third kappa shape index (κ3) is 4.07. The van der Waals surface area contributed by atoms with Crippen LogP contribution in [0.1, 0.15) is 54.9 Å². The molecule has 0 spiro atoms. The predicted octanol–water partition coefficient (Wildman–Crippen LogP) is 3.37. The monoisotopic (exact) mass is 305 g/mol. The van der Waals surface area contributed by atoms with Crippen LogP contribution in [0, 0.1) is 6.92 Å². The lowest BCUT2D eigenvalue weighted by atomic mass is 10.1. The van der Waals surface area contributed by atoms with Gasteiger partial charge in [0.2, 0.25) is 0 Å². The number of hydrogen-bond acceptors (Lipinski definition) is 3. The molecule has 5 nitrogen and oxygen atoms in total. The van der Waals surface area contributed by atoms with Gasteiger partial charge in [-0.2, -0.15) is 0 Å². The molecule has 1 aliphatic rings. The van der Waals surface area contributed by atoms with Crippen molar-refractivity contribution < 1.29 is 19.4 Å². The Balaban J connectivity index is 2.00. The van der Waals surface area contributed by atoms with Crippen molar-refractivity contribution >= 4 is 17.6 Å². The SMILES string of the molecule is CCC(OC1CCCC1)C(=O)Nc1ccc(C(=O)O)c(C)c1. The number of aryl methyl sites for hydroxylation is 1. The van der Waals surface area contributed by atoms with Gasteiger partial charge in [0.15, 0.2) is 0 Å². The Bertz CT molecular complexity index is 550. The highest BCUT2D eigenvalue weighted by Crippen LogP contribution is 2.23. The Morgan fingerprint density at radius 3 is 2.59 bits per heavy atom. The quantitative estimate of drug-likeness (QED) is 0.845. The number of nitrogens with one attached hydrogen (secondary N) is 1.